The van der Waals surface area contributed by atoms with Crippen molar-refractivity contribution in [1.29, 1.82) is 0 Å². The molecule has 0 aliphatic rings. The molecule has 0 spiro atoms. The van der Waals surface area contributed by atoms with Crippen molar-refractivity contribution in [1.82, 2.24) is 24.6 Å². The zero-order valence-electron chi connectivity index (χ0n) is 10.7. The Morgan fingerprint density at radius 2 is 2.43 bits per heavy atom. The van der Waals surface area contributed by atoms with Crippen molar-refractivity contribution < 1.29 is 9.53 Å². The number of rotatable bonds is 4. The number of halogens is 1. The highest BCUT2D eigenvalue weighted by Crippen LogP contribution is 2.22. The van der Waals surface area contributed by atoms with E-state index in [1.165, 1.54) is 24.5 Å². The van der Waals surface area contributed by atoms with Crippen molar-refractivity contribution in [2.75, 3.05) is 12.4 Å². The van der Waals surface area contributed by atoms with Crippen LogP contribution in [-0.2, 0) is 4.79 Å². The molecule has 0 fully saturated rings. The van der Waals surface area contributed by atoms with Gasteiger partial charge in [0.2, 0.25) is 5.95 Å². The summed E-state index contributed by atoms with van der Waals surface area (Å²) in [6.45, 7) is 0. The van der Waals surface area contributed by atoms with E-state index in [2.05, 4.69) is 25.5 Å². The Morgan fingerprint density at radius 3 is 3.19 bits per heavy atom. The molecule has 3 heterocycles. The molecule has 21 heavy (non-hydrogen) atoms. The van der Waals surface area contributed by atoms with Crippen LogP contribution in [0.1, 0.15) is 5.69 Å². The molecule has 108 valence electrons. The van der Waals surface area contributed by atoms with Crippen molar-refractivity contribution in [3.63, 3.8) is 0 Å². The van der Waals surface area contributed by atoms with Gasteiger partial charge in [0.15, 0.2) is 10.1 Å². The number of imidazole rings is 1. The van der Waals surface area contributed by atoms with Gasteiger partial charge in [-0.3, -0.25) is 14.5 Å². The molecule has 0 saturated carbocycles. The second-order valence-electron chi connectivity index (χ2n) is 3.84. The van der Waals surface area contributed by atoms with Gasteiger partial charge in [-0.25, -0.2) is 10.1 Å². The Hall–Kier alpha value is -2.39. The molecule has 3 aromatic heterocycles. The van der Waals surface area contributed by atoms with E-state index in [1.54, 1.807) is 10.5 Å². The molecule has 1 amide bonds. The van der Waals surface area contributed by atoms with Gasteiger partial charge in [0.05, 0.1) is 12.8 Å². The zero-order chi connectivity index (χ0) is 14.8. The Kier molecular flexibility index (Phi) is 3.59. The number of anilines is 1. The van der Waals surface area contributed by atoms with Crippen LogP contribution in [0.3, 0.4) is 0 Å². The van der Waals surface area contributed by atoms with E-state index in [0.29, 0.717) is 10.8 Å². The van der Waals surface area contributed by atoms with Gasteiger partial charge in [-0.2, -0.15) is 4.98 Å². The summed E-state index contributed by atoms with van der Waals surface area (Å²) in [5.41, 5.74) is 0.637. The average Bonchev–Trinajstić information content (AvgIpc) is 3.13. The van der Waals surface area contributed by atoms with Crippen LogP contribution in [0.25, 0.3) is 11.0 Å². The van der Waals surface area contributed by atoms with Gasteiger partial charge in [0, 0.05) is 17.7 Å². The number of nitrogens with one attached hydrogen (secondary N) is 2. The van der Waals surface area contributed by atoms with Crippen LogP contribution >= 0.6 is 22.9 Å². The molecule has 0 aliphatic carbocycles. The third kappa shape index (κ3) is 2.73. The summed E-state index contributed by atoms with van der Waals surface area (Å²) >= 11 is 7.48. The summed E-state index contributed by atoms with van der Waals surface area (Å²) in [7, 11) is 1.43. The summed E-state index contributed by atoms with van der Waals surface area (Å²) < 4.78 is 6.60. The van der Waals surface area contributed by atoms with E-state index >= 15 is 0 Å². The largest absolute Gasteiger partial charge is 0.466 e. The van der Waals surface area contributed by atoms with Crippen LogP contribution in [0.2, 0.25) is 5.15 Å². The Labute approximate surface area is 127 Å². The SMILES string of the molecule is COc1n[nH]c(NC(=O)/C=C/c2c(Cl)nc3sccn23)n1. The number of aromatic nitrogens is 5. The first kappa shape index (κ1) is 13.6. The first-order valence-electron chi connectivity index (χ1n) is 5.74. The smallest absolute Gasteiger partial charge is 0.336 e. The fourth-order valence-corrected chi connectivity index (χ4v) is 2.64. The Morgan fingerprint density at radius 1 is 1.57 bits per heavy atom. The normalized spacial score (nSPS) is 11.3. The molecule has 8 nitrogen and oxygen atoms in total. The van der Waals surface area contributed by atoms with Gasteiger partial charge in [0.25, 0.3) is 5.91 Å². The van der Waals surface area contributed by atoms with Crippen molar-refractivity contribution in [3.05, 3.63) is 28.5 Å². The van der Waals surface area contributed by atoms with E-state index in [0.717, 1.165) is 4.96 Å². The van der Waals surface area contributed by atoms with Crippen LogP contribution in [0.15, 0.2) is 17.7 Å². The van der Waals surface area contributed by atoms with Gasteiger partial charge in [0.1, 0.15) is 0 Å². The maximum Gasteiger partial charge on any atom is 0.336 e. The number of H-pyrrole nitrogens is 1. The number of hydrogen-bond donors (Lipinski definition) is 2. The molecule has 0 saturated heterocycles. The third-order valence-corrected chi connectivity index (χ3v) is 3.57. The monoisotopic (exact) mass is 324 g/mol. The van der Waals surface area contributed by atoms with Gasteiger partial charge in [-0.15, -0.1) is 16.4 Å². The average molecular weight is 325 g/mol. The highest BCUT2D eigenvalue weighted by molar-refractivity contribution is 7.15. The minimum Gasteiger partial charge on any atom is -0.466 e. The van der Waals surface area contributed by atoms with Crippen LogP contribution in [0.4, 0.5) is 5.95 Å². The molecule has 0 aliphatic heterocycles. The molecular formula is C11H9ClN6O2S. The maximum atomic E-state index is 11.8. The highest BCUT2D eigenvalue weighted by atomic mass is 35.5. The van der Waals surface area contributed by atoms with Crippen molar-refractivity contribution in [3.8, 4) is 6.01 Å². The lowest BCUT2D eigenvalue weighted by Crippen LogP contribution is -2.09. The predicted molar refractivity (Wildman–Crippen MR) is 78.7 cm³/mol. The minimum absolute atomic E-state index is 0.146. The molecule has 3 aromatic rings. The molecule has 0 radical (unpaired) electrons. The summed E-state index contributed by atoms with van der Waals surface area (Å²) in [4.78, 5) is 20.6. The number of nitrogens with zero attached hydrogens (tertiary/aromatic N) is 4. The number of hydrogen-bond acceptors (Lipinski definition) is 6. The number of ether oxygens (including phenoxy) is 1. The Balaban J connectivity index is 1.74. The number of carbonyl (C=O) groups excluding carboxylic acids is 1. The van der Waals surface area contributed by atoms with Crippen molar-refractivity contribution in [2.24, 2.45) is 0 Å². The highest BCUT2D eigenvalue weighted by Gasteiger charge is 2.09. The van der Waals surface area contributed by atoms with Crippen LogP contribution < -0.4 is 10.1 Å². The lowest BCUT2D eigenvalue weighted by molar-refractivity contribution is -0.111. The molecule has 0 bridgehead atoms. The Bertz CT molecular complexity index is 820. The minimum atomic E-state index is -0.380. The lowest BCUT2D eigenvalue weighted by Gasteiger charge is -1.95. The number of aromatic amines is 1. The zero-order valence-corrected chi connectivity index (χ0v) is 12.3. The topological polar surface area (TPSA) is 97.2 Å². The standard InChI is InChI=1S/C11H9ClN6O2S/c1-20-10-15-9(16-17-10)13-7(19)3-2-6-8(12)14-11-18(6)4-5-21-11/h2-5H,1H3,(H2,13,15,16,17,19)/b3-2+. The molecule has 3 rings (SSSR count). The second kappa shape index (κ2) is 5.54. The van der Waals surface area contributed by atoms with Gasteiger partial charge in [-0.1, -0.05) is 11.6 Å². The van der Waals surface area contributed by atoms with E-state index < -0.39 is 0 Å². The molecule has 0 atom stereocenters. The van der Waals surface area contributed by atoms with Gasteiger partial charge < -0.3 is 4.74 Å². The fourth-order valence-electron chi connectivity index (χ4n) is 1.63. The molecule has 0 unspecified atom stereocenters. The van der Waals surface area contributed by atoms with Gasteiger partial charge >= 0.3 is 6.01 Å². The lowest BCUT2D eigenvalue weighted by atomic mass is 10.4. The molecule has 0 aromatic carbocycles. The number of fused-ring (bicyclic) bond motifs is 1. The third-order valence-electron chi connectivity index (χ3n) is 2.54. The summed E-state index contributed by atoms with van der Waals surface area (Å²) in [5, 5.41) is 11.0. The number of carbonyl (C=O) groups is 1. The van der Waals surface area contributed by atoms with E-state index in [9.17, 15) is 4.79 Å². The molecular weight excluding hydrogens is 316 g/mol. The van der Waals surface area contributed by atoms with Crippen LogP contribution in [-0.4, -0.2) is 37.6 Å². The summed E-state index contributed by atoms with van der Waals surface area (Å²) in [6.07, 6.45) is 4.75. The van der Waals surface area contributed by atoms with Gasteiger partial charge in [-0.05, 0) is 6.08 Å². The van der Waals surface area contributed by atoms with E-state index in [4.69, 9.17) is 16.3 Å². The first-order valence-corrected chi connectivity index (χ1v) is 6.99. The summed E-state index contributed by atoms with van der Waals surface area (Å²) in [5.74, 6) is -0.184. The number of thiazole rings is 1. The second-order valence-corrected chi connectivity index (χ2v) is 5.07. The quantitative estimate of drug-likeness (QED) is 0.713. The molecule has 10 heteroatoms. The fraction of sp³-hybridized carbons (Fsp3) is 0.0909. The summed E-state index contributed by atoms with van der Waals surface area (Å²) in [6, 6.07) is 0.146. The molecule has 2 N–H and O–H groups in total. The number of amides is 1. The number of methoxy groups -OCH3 is 1. The van der Waals surface area contributed by atoms with Crippen molar-refractivity contribution in [2.45, 2.75) is 0 Å². The maximum absolute atomic E-state index is 11.8. The van der Waals surface area contributed by atoms with E-state index in [-0.39, 0.29) is 17.9 Å². The predicted octanol–water partition coefficient (Wildman–Crippen LogP) is 1.83. The van der Waals surface area contributed by atoms with Crippen LogP contribution in [0, 0.1) is 0 Å². The van der Waals surface area contributed by atoms with Crippen molar-refractivity contribution >= 4 is 45.8 Å². The first-order chi connectivity index (χ1) is 10.2. The van der Waals surface area contributed by atoms with Crippen LogP contribution in [0.5, 0.6) is 6.01 Å². The van der Waals surface area contributed by atoms with E-state index in [1.807, 2.05) is 11.6 Å².